The normalized spacial score (nSPS) is 29.5. The fourth-order valence-corrected chi connectivity index (χ4v) is 3.60. The minimum absolute atomic E-state index is 0.0453. The van der Waals surface area contributed by atoms with Crippen LogP contribution in [0.1, 0.15) is 37.5 Å². The molecule has 0 spiro atoms. The van der Waals surface area contributed by atoms with Crippen LogP contribution in [0, 0.1) is 4.77 Å². The second kappa shape index (κ2) is 4.51. The third-order valence-corrected chi connectivity index (χ3v) is 4.36. The second-order valence-electron chi connectivity index (χ2n) is 4.93. The van der Waals surface area contributed by atoms with Crippen LogP contribution in [0.15, 0.2) is 0 Å². The summed E-state index contributed by atoms with van der Waals surface area (Å²) in [6, 6.07) is 0.974. The van der Waals surface area contributed by atoms with Gasteiger partial charge in [-0.15, -0.1) is 0 Å². The van der Waals surface area contributed by atoms with Crippen molar-refractivity contribution in [3.05, 3.63) is 10.6 Å². The van der Waals surface area contributed by atoms with Gasteiger partial charge in [0.1, 0.15) is 6.61 Å². The van der Waals surface area contributed by atoms with Crippen molar-refractivity contribution in [2.45, 2.75) is 44.4 Å². The lowest BCUT2D eigenvalue weighted by Gasteiger charge is -2.32. The van der Waals surface area contributed by atoms with Gasteiger partial charge < -0.3 is 5.11 Å². The fourth-order valence-electron chi connectivity index (χ4n) is 3.31. The number of nitrogens with one attached hydrogen (secondary N) is 1. The Morgan fingerprint density at radius 1 is 1.29 bits per heavy atom. The first-order chi connectivity index (χ1) is 8.31. The van der Waals surface area contributed by atoms with E-state index in [0.717, 1.165) is 13.0 Å². The first-order valence-corrected chi connectivity index (χ1v) is 6.73. The second-order valence-corrected chi connectivity index (χ2v) is 5.31. The van der Waals surface area contributed by atoms with Crippen molar-refractivity contribution in [2.24, 2.45) is 0 Å². The molecule has 17 heavy (non-hydrogen) atoms. The number of fused-ring (bicyclic) bond motifs is 1. The van der Waals surface area contributed by atoms with Crippen molar-refractivity contribution in [2.75, 3.05) is 13.1 Å². The van der Waals surface area contributed by atoms with Gasteiger partial charge in [-0.2, -0.15) is 5.10 Å². The van der Waals surface area contributed by atoms with E-state index in [0.29, 0.717) is 22.7 Å². The van der Waals surface area contributed by atoms with Crippen LogP contribution in [0.4, 0.5) is 0 Å². The Morgan fingerprint density at radius 3 is 3.00 bits per heavy atom. The predicted molar refractivity (Wildman–Crippen MR) is 66.2 cm³/mol. The van der Waals surface area contributed by atoms with Crippen molar-refractivity contribution in [3.63, 3.8) is 0 Å². The van der Waals surface area contributed by atoms with Crippen LogP contribution in [0.2, 0.25) is 0 Å². The number of aliphatic hydroxyl groups is 1. The van der Waals surface area contributed by atoms with Gasteiger partial charge in [-0.3, -0.25) is 14.6 Å². The minimum Gasteiger partial charge on any atom is -0.388 e. The van der Waals surface area contributed by atoms with E-state index in [1.54, 1.807) is 0 Å². The van der Waals surface area contributed by atoms with Gasteiger partial charge in [0.15, 0.2) is 10.6 Å². The van der Waals surface area contributed by atoms with Crippen molar-refractivity contribution < 1.29 is 5.11 Å². The fraction of sp³-hybridized carbons (Fsp3) is 0.818. The summed E-state index contributed by atoms with van der Waals surface area (Å²) < 4.78 is 2.68. The first-order valence-electron chi connectivity index (χ1n) is 6.32. The molecule has 0 bridgehead atoms. The molecule has 2 atom stereocenters. The quantitative estimate of drug-likeness (QED) is 0.780. The lowest BCUT2D eigenvalue weighted by molar-refractivity contribution is 0.168. The van der Waals surface area contributed by atoms with Crippen LogP contribution < -0.4 is 0 Å². The van der Waals surface area contributed by atoms with Crippen molar-refractivity contribution in [1.29, 1.82) is 0 Å². The summed E-state index contributed by atoms with van der Waals surface area (Å²) in [6.07, 6.45) is 4.97. The highest BCUT2D eigenvalue weighted by Crippen LogP contribution is 2.35. The van der Waals surface area contributed by atoms with E-state index in [4.69, 9.17) is 12.2 Å². The standard InChI is InChI=1S/C11H18N4OS/c16-7-10-12-13-11(17)15(10)9-4-6-14-5-2-1-3-8(9)14/h8-9,16H,1-7H2,(H,13,17). The lowest BCUT2D eigenvalue weighted by atomic mass is 9.99. The number of piperidine rings is 1. The predicted octanol–water partition coefficient (Wildman–Crippen LogP) is 1.23. The number of aliphatic hydroxyl groups excluding tert-OH is 1. The van der Waals surface area contributed by atoms with Crippen LogP contribution >= 0.6 is 12.2 Å². The van der Waals surface area contributed by atoms with Gasteiger partial charge >= 0.3 is 0 Å². The molecule has 0 aliphatic carbocycles. The summed E-state index contributed by atoms with van der Waals surface area (Å²) in [5, 5.41) is 16.2. The Hall–Kier alpha value is -0.720. The van der Waals surface area contributed by atoms with Gasteiger partial charge in [0, 0.05) is 12.6 Å². The van der Waals surface area contributed by atoms with E-state index in [2.05, 4.69) is 15.1 Å². The maximum Gasteiger partial charge on any atom is 0.195 e. The van der Waals surface area contributed by atoms with E-state index >= 15 is 0 Å². The van der Waals surface area contributed by atoms with Gasteiger partial charge in [-0.05, 0) is 38.0 Å². The summed E-state index contributed by atoms with van der Waals surface area (Å²) >= 11 is 5.28. The summed E-state index contributed by atoms with van der Waals surface area (Å²) in [7, 11) is 0. The van der Waals surface area contributed by atoms with Gasteiger partial charge in [-0.25, -0.2) is 0 Å². The molecule has 3 rings (SSSR count). The third kappa shape index (κ3) is 1.84. The number of aromatic amines is 1. The zero-order valence-corrected chi connectivity index (χ0v) is 10.6. The molecule has 94 valence electrons. The molecule has 2 saturated heterocycles. The molecule has 1 aromatic rings. The maximum absolute atomic E-state index is 9.32. The molecule has 2 aliphatic rings. The summed E-state index contributed by atoms with van der Waals surface area (Å²) in [5.41, 5.74) is 0. The van der Waals surface area contributed by atoms with E-state index in [1.165, 1.54) is 25.8 Å². The van der Waals surface area contributed by atoms with Crippen molar-refractivity contribution in [1.82, 2.24) is 19.7 Å². The molecule has 2 N–H and O–H groups in total. The monoisotopic (exact) mass is 254 g/mol. The molecule has 3 heterocycles. The van der Waals surface area contributed by atoms with Crippen LogP contribution in [0.25, 0.3) is 0 Å². The van der Waals surface area contributed by atoms with E-state index < -0.39 is 0 Å². The zero-order chi connectivity index (χ0) is 11.8. The average Bonchev–Trinajstić information content (AvgIpc) is 2.92. The molecule has 0 saturated carbocycles. The van der Waals surface area contributed by atoms with Crippen LogP contribution in [-0.2, 0) is 6.61 Å². The van der Waals surface area contributed by atoms with Crippen LogP contribution in [-0.4, -0.2) is 43.9 Å². The summed E-state index contributed by atoms with van der Waals surface area (Å²) in [5.74, 6) is 0.674. The van der Waals surface area contributed by atoms with Gasteiger partial charge in [-0.1, -0.05) is 6.42 Å². The minimum atomic E-state index is -0.0453. The SMILES string of the molecule is OCc1n[nH]c(=S)n1C1CCN2CCCCC12. The molecule has 0 radical (unpaired) electrons. The molecular weight excluding hydrogens is 236 g/mol. The largest absolute Gasteiger partial charge is 0.388 e. The number of rotatable bonds is 2. The number of hydrogen-bond donors (Lipinski definition) is 2. The van der Waals surface area contributed by atoms with Crippen molar-refractivity contribution >= 4 is 12.2 Å². The number of nitrogens with zero attached hydrogens (tertiary/aromatic N) is 3. The third-order valence-electron chi connectivity index (χ3n) is 4.07. The van der Waals surface area contributed by atoms with Crippen molar-refractivity contribution in [3.8, 4) is 0 Å². The van der Waals surface area contributed by atoms with E-state index in [-0.39, 0.29) is 6.61 Å². The van der Waals surface area contributed by atoms with E-state index in [1.807, 2.05) is 4.57 Å². The van der Waals surface area contributed by atoms with Gasteiger partial charge in [0.2, 0.25) is 0 Å². The highest BCUT2D eigenvalue weighted by Gasteiger charge is 2.37. The molecule has 5 nitrogen and oxygen atoms in total. The Morgan fingerprint density at radius 2 is 2.18 bits per heavy atom. The molecule has 0 aromatic carbocycles. The molecule has 0 amide bonds. The molecule has 6 heteroatoms. The number of H-pyrrole nitrogens is 1. The number of aromatic nitrogens is 3. The first kappa shape index (κ1) is 11.4. The smallest absolute Gasteiger partial charge is 0.195 e. The Kier molecular flexibility index (Phi) is 3.02. The Bertz CT molecular complexity index is 455. The van der Waals surface area contributed by atoms with Crippen LogP contribution in [0.3, 0.4) is 0 Å². The Labute approximate surface area is 105 Å². The topological polar surface area (TPSA) is 57.1 Å². The van der Waals surface area contributed by atoms with E-state index in [9.17, 15) is 5.11 Å². The highest BCUT2D eigenvalue weighted by molar-refractivity contribution is 7.71. The summed E-state index contributed by atoms with van der Waals surface area (Å²) in [6.45, 7) is 2.31. The molecule has 1 aromatic heterocycles. The Balaban J connectivity index is 1.93. The average molecular weight is 254 g/mol. The summed E-state index contributed by atoms with van der Waals surface area (Å²) in [4.78, 5) is 2.56. The maximum atomic E-state index is 9.32. The van der Waals surface area contributed by atoms with Crippen LogP contribution in [0.5, 0.6) is 0 Å². The molecular formula is C11H18N4OS. The molecule has 2 unspecified atom stereocenters. The van der Waals surface area contributed by atoms with Gasteiger partial charge in [0.05, 0.1) is 6.04 Å². The molecule has 2 aliphatic heterocycles. The molecule has 2 fully saturated rings. The lowest BCUT2D eigenvalue weighted by Crippen LogP contribution is -2.38. The van der Waals surface area contributed by atoms with Gasteiger partial charge in [0.25, 0.3) is 0 Å². The number of hydrogen-bond acceptors (Lipinski definition) is 4. The highest BCUT2D eigenvalue weighted by atomic mass is 32.1. The zero-order valence-electron chi connectivity index (χ0n) is 9.80.